The summed E-state index contributed by atoms with van der Waals surface area (Å²) in [5, 5.41) is 21.0. The maximum Gasteiger partial charge on any atom is 0.319 e. The third-order valence-electron chi connectivity index (χ3n) is 19.8. The number of unbranched alkanes of at least 4 members (excludes halogenated alkanes) is 5. The highest BCUT2D eigenvalue weighted by molar-refractivity contribution is 6.36. The molecule has 0 spiro atoms. The zero-order valence-corrected chi connectivity index (χ0v) is 64.5. The number of hydrogen-bond donors (Lipinski definition) is 3. The highest BCUT2D eigenvalue weighted by Gasteiger charge is 2.40. The van der Waals surface area contributed by atoms with E-state index in [2.05, 4.69) is 61.5 Å². The number of imide groups is 1. The molecule has 5 aromatic rings. The molecule has 0 radical (unpaired) electrons. The number of fused-ring (bicyclic) bond motifs is 3. The third kappa shape index (κ3) is 26.7. The van der Waals surface area contributed by atoms with Crippen molar-refractivity contribution in [3.8, 4) is 12.1 Å². The van der Waals surface area contributed by atoms with E-state index in [0.717, 1.165) is 115 Å². The Hall–Kier alpha value is -7.73. The molecule has 5 aliphatic rings. The van der Waals surface area contributed by atoms with Gasteiger partial charge in [-0.2, -0.15) is 15.2 Å². The molecule has 3 saturated heterocycles. The number of urea groups is 1. The summed E-state index contributed by atoms with van der Waals surface area (Å²) in [5.41, 5.74) is 6.60. The van der Waals surface area contributed by atoms with E-state index in [0.29, 0.717) is 205 Å². The Morgan fingerprint density at radius 2 is 1.27 bits per heavy atom. The predicted octanol–water partition coefficient (Wildman–Crippen LogP) is 9.59. The Kier molecular flexibility index (Phi) is 35.7. The number of nitrogens with zero attached hydrogens (tertiary/aromatic N) is 8. The number of benzene rings is 4. The highest BCUT2D eigenvalue weighted by atomic mass is 35.5. The van der Waals surface area contributed by atoms with E-state index in [4.69, 9.17) is 85.3 Å². The van der Waals surface area contributed by atoms with E-state index in [1.54, 1.807) is 18.2 Å². The first-order chi connectivity index (χ1) is 53.8. The van der Waals surface area contributed by atoms with Crippen LogP contribution in [0.1, 0.15) is 109 Å². The molecular formula is C80H106Cl2FN11O16. The number of carbonyl (C=O) groups excluding carboxylic acids is 5. The minimum atomic E-state index is -1.04. The molecule has 6 heterocycles. The molecule has 3 N–H and O–H groups in total. The maximum atomic E-state index is 14.1. The van der Waals surface area contributed by atoms with Gasteiger partial charge in [-0.15, -0.1) is 0 Å². The Bertz CT molecular complexity index is 3840. The van der Waals surface area contributed by atoms with Crippen molar-refractivity contribution in [2.45, 2.75) is 121 Å². The first-order valence-corrected chi connectivity index (χ1v) is 39.4. The van der Waals surface area contributed by atoms with Gasteiger partial charge in [0.25, 0.3) is 11.8 Å². The fourth-order valence-electron chi connectivity index (χ4n) is 14.2. The highest BCUT2D eigenvalue weighted by Crippen LogP contribution is 2.38. The summed E-state index contributed by atoms with van der Waals surface area (Å²) < 4.78 is 77.4. The van der Waals surface area contributed by atoms with Crippen LogP contribution in [0.2, 0.25) is 10.0 Å². The molecule has 10 rings (SSSR count). The standard InChI is InChI=1S/C80H106Cl2FN11O16/c1-58(83)77(97)93-27-26-92(55-65(93)21-23-84)75-68-22-25-91(71-16-9-13-61-12-8-15-69(82)74(61)71)56-70(68)87-80(89-75)110-57-66-14-10-24-90(66)28-30-101-32-34-103-36-38-105-40-42-107-44-46-109-48-47-108-45-43-106-41-39-104-37-35-102-33-31-100-29-7-5-3-2-4-6-11-59-50-63(81)52-64(51-59)86-79(99)85-53-60-17-18-67-62(49-60)54-94(78(67)98)72-19-20-73(95)88-76(72)96/h8-9,12-13,15-18,49-52,65-66,72H,1-7,10-11,14,19-22,24-48,53-57H2,(H2,85,86,99)(H,88,95,96)/t65-,66-,72?/m1/s1. The molecule has 3 fully saturated rings. The van der Waals surface area contributed by atoms with E-state index in [1.165, 1.54) is 9.80 Å². The van der Waals surface area contributed by atoms with Crippen LogP contribution in [0, 0.1) is 11.3 Å². The van der Waals surface area contributed by atoms with Crippen LogP contribution in [0.15, 0.2) is 85.2 Å². The molecule has 110 heavy (non-hydrogen) atoms. The Labute approximate surface area is 653 Å². The number of likely N-dealkylation sites (tertiary alicyclic amines) is 1. The maximum absolute atomic E-state index is 14.1. The number of ether oxygens (including phenoxy) is 11. The first kappa shape index (κ1) is 84.7. The molecule has 1 unspecified atom stereocenters. The smallest absolute Gasteiger partial charge is 0.319 e. The Morgan fingerprint density at radius 1 is 0.645 bits per heavy atom. The zero-order chi connectivity index (χ0) is 77.1. The average molecular weight is 1570 g/mol. The van der Waals surface area contributed by atoms with Gasteiger partial charge >= 0.3 is 12.0 Å². The van der Waals surface area contributed by atoms with Gasteiger partial charge in [0.1, 0.15) is 18.5 Å². The van der Waals surface area contributed by atoms with Crippen molar-refractivity contribution in [3.63, 3.8) is 0 Å². The lowest BCUT2D eigenvalue weighted by Gasteiger charge is -2.42. The molecule has 4 aromatic carbocycles. The normalized spacial score (nSPS) is 17.2. The van der Waals surface area contributed by atoms with Crippen molar-refractivity contribution >= 4 is 80.8 Å². The summed E-state index contributed by atoms with van der Waals surface area (Å²) in [6.45, 7) is 17.6. The number of aromatic nitrogens is 2. The van der Waals surface area contributed by atoms with E-state index in [1.807, 2.05) is 36.4 Å². The van der Waals surface area contributed by atoms with Gasteiger partial charge in [-0.1, -0.05) is 91.9 Å². The number of piperazine rings is 1. The Balaban J connectivity index is 0.461. The predicted molar refractivity (Wildman–Crippen MR) is 413 cm³/mol. The van der Waals surface area contributed by atoms with Gasteiger partial charge in [-0.3, -0.25) is 29.4 Å². The second-order valence-corrected chi connectivity index (χ2v) is 28.4. The number of piperidine rings is 1. The number of nitriles is 1. The van der Waals surface area contributed by atoms with Gasteiger partial charge in [-0.05, 0) is 110 Å². The van der Waals surface area contributed by atoms with E-state index < -0.39 is 29.7 Å². The summed E-state index contributed by atoms with van der Waals surface area (Å²) in [4.78, 5) is 82.4. The number of carbonyl (C=O) groups is 5. The van der Waals surface area contributed by atoms with Crippen LogP contribution in [0.4, 0.5) is 26.4 Å². The fraction of sp³-hybridized carbons (Fsp3) is 0.575. The van der Waals surface area contributed by atoms with Crippen LogP contribution in [0.25, 0.3) is 10.8 Å². The van der Waals surface area contributed by atoms with Crippen molar-refractivity contribution < 1.29 is 80.5 Å². The fourth-order valence-corrected chi connectivity index (χ4v) is 14.8. The second-order valence-electron chi connectivity index (χ2n) is 27.6. The molecule has 5 aliphatic heterocycles. The number of halogens is 3. The Morgan fingerprint density at radius 3 is 1.92 bits per heavy atom. The molecule has 27 nitrogen and oxygen atoms in total. The topological polar surface area (TPSA) is 289 Å². The summed E-state index contributed by atoms with van der Waals surface area (Å²) >= 11 is 13.2. The van der Waals surface area contributed by atoms with E-state index >= 15 is 0 Å². The molecular weight excluding hydrogens is 1460 g/mol. The second kappa shape index (κ2) is 46.3. The largest absolute Gasteiger partial charge is 0.462 e. The number of aryl methyl sites for hydroxylation is 1. The van der Waals surface area contributed by atoms with Gasteiger partial charge in [0.2, 0.25) is 11.8 Å². The minimum Gasteiger partial charge on any atom is -0.462 e. The molecule has 30 heteroatoms. The monoisotopic (exact) mass is 1570 g/mol. The van der Waals surface area contributed by atoms with Gasteiger partial charge in [0.05, 0.1) is 161 Å². The lowest BCUT2D eigenvalue weighted by Crippen LogP contribution is -2.55. The molecule has 1 aromatic heterocycles. The molecule has 598 valence electrons. The quantitative estimate of drug-likeness (QED) is 0.0185. The number of hydrogen-bond acceptors (Lipinski definition) is 22. The van der Waals surface area contributed by atoms with Gasteiger partial charge in [0, 0.05) is 97.8 Å². The van der Waals surface area contributed by atoms with Crippen molar-refractivity contribution in [3.05, 3.63) is 129 Å². The van der Waals surface area contributed by atoms with E-state index in [9.17, 15) is 33.6 Å². The number of anilines is 3. The number of rotatable bonds is 50. The SMILES string of the molecule is C=C(F)C(=O)N1CCN(c2nc(OC[C@H]3CCCN3CCOCCOCCOCCOCCOCCOCCOCCOCCOCCOCCCCCCCCc3cc(Cl)cc(NC(=O)NCc4ccc5c(c4)CN(C4CCC(=O)NC4=O)C5=O)c3)nc3c2CCN(c2cccc4cccc(Cl)c24)C3)C[C@H]1CC#N. The van der Waals surface area contributed by atoms with Crippen LogP contribution >= 0.6 is 23.2 Å². The molecule has 6 amide bonds. The zero-order valence-electron chi connectivity index (χ0n) is 63.0. The van der Waals surface area contributed by atoms with Crippen molar-refractivity contribution in [2.75, 3.05) is 193 Å². The van der Waals surface area contributed by atoms with Crippen LogP contribution in [0.5, 0.6) is 6.01 Å². The van der Waals surface area contributed by atoms with Crippen molar-refractivity contribution in [1.29, 1.82) is 5.26 Å². The lowest BCUT2D eigenvalue weighted by atomic mass is 10.0. The summed E-state index contributed by atoms with van der Waals surface area (Å²) in [6.07, 6.45) is 10.5. The van der Waals surface area contributed by atoms with Gasteiger partial charge in [0.15, 0.2) is 5.83 Å². The van der Waals surface area contributed by atoms with Crippen molar-refractivity contribution in [1.82, 2.24) is 35.3 Å². The molecule has 3 atom stereocenters. The van der Waals surface area contributed by atoms with Crippen LogP contribution in [-0.4, -0.2) is 250 Å². The summed E-state index contributed by atoms with van der Waals surface area (Å²) in [7, 11) is 0. The molecule has 0 bridgehead atoms. The first-order valence-electron chi connectivity index (χ1n) is 38.6. The van der Waals surface area contributed by atoms with Gasteiger partial charge < -0.3 is 82.3 Å². The number of nitrogens with one attached hydrogen (secondary N) is 3. The lowest BCUT2D eigenvalue weighted by molar-refractivity contribution is -0.137. The van der Waals surface area contributed by atoms with Crippen LogP contribution < -0.4 is 30.5 Å². The summed E-state index contributed by atoms with van der Waals surface area (Å²) in [6, 6.07) is 24.0. The van der Waals surface area contributed by atoms with Gasteiger partial charge in [-0.25, -0.2) is 9.18 Å². The van der Waals surface area contributed by atoms with Crippen LogP contribution in [-0.2, 0) is 94.2 Å². The van der Waals surface area contributed by atoms with Crippen LogP contribution in [0.3, 0.4) is 0 Å². The minimum absolute atomic E-state index is 0.0359. The third-order valence-corrected chi connectivity index (χ3v) is 20.4. The molecule has 0 aliphatic carbocycles. The average Bonchev–Trinajstić information content (AvgIpc) is 1.62. The number of amides is 6. The molecule has 0 saturated carbocycles. The van der Waals surface area contributed by atoms with E-state index in [-0.39, 0.29) is 62.4 Å². The van der Waals surface area contributed by atoms with Crippen molar-refractivity contribution in [2.24, 2.45) is 0 Å². The summed E-state index contributed by atoms with van der Waals surface area (Å²) in [5.74, 6) is -2.15.